The van der Waals surface area contributed by atoms with Crippen molar-refractivity contribution in [2.45, 2.75) is 39.0 Å². The SMILES string of the molecule is COCCC1(CN=C(N)Nc2cccc(C(C)C)c2)CC1. The number of hydrogen-bond donors (Lipinski definition) is 2. The Hall–Kier alpha value is -1.55. The van der Waals surface area contributed by atoms with Gasteiger partial charge in [0.05, 0.1) is 0 Å². The van der Waals surface area contributed by atoms with Gasteiger partial charge in [-0.3, -0.25) is 4.99 Å². The molecule has 1 saturated carbocycles. The summed E-state index contributed by atoms with van der Waals surface area (Å²) < 4.78 is 5.16. The Balaban J connectivity index is 1.90. The third-order valence-corrected chi connectivity index (χ3v) is 4.20. The summed E-state index contributed by atoms with van der Waals surface area (Å²) in [6, 6.07) is 8.33. The summed E-state index contributed by atoms with van der Waals surface area (Å²) >= 11 is 0. The number of guanidine groups is 1. The summed E-state index contributed by atoms with van der Waals surface area (Å²) in [5.74, 6) is 1.01. The molecule has 0 radical (unpaired) electrons. The van der Waals surface area contributed by atoms with Gasteiger partial charge in [0.25, 0.3) is 0 Å². The fourth-order valence-electron chi connectivity index (χ4n) is 2.40. The summed E-state index contributed by atoms with van der Waals surface area (Å²) in [6.07, 6.45) is 3.54. The van der Waals surface area contributed by atoms with Crippen LogP contribution in [-0.2, 0) is 4.74 Å². The lowest BCUT2D eigenvalue weighted by molar-refractivity contribution is 0.174. The zero-order chi connectivity index (χ0) is 15.3. The van der Waals surface area contributed by atoms with Crippen LogP contribution < -0.4 is 11.1 Å². The molecule has 3 N–H and O–H groups in total. The second kappa shape index (κ2) is 6.94. The molecule has 0 unspecified atom stereocenters. The summed E-state index contributed by atoms with van der Waals surface area (Å²) in [7, 11) is 1.75. The molecule has 0 saturated heterocycles. The predicted octanol–water partition coefficient (Wildman–Crippen LogP) is 3.35. The molecule has 1 aliphatic carbocycles. The summed E-state index contributed by atoms with van der Waals surface area (Å²) in [5.41, 5.74) is 8.64. The first kappa shape index (κ1) is 15.8. The Morgan fingerprint density at radius 3 is 2.81 bits per heavy atom. The van der Waals surface area contributed by atoms with Crippen molar-refractivity contribution in [3.8, 4) is 0 Å². The Bertz CT molecular complexity index is 493. The number of nitrogens with zero attached hydrogens (tertiary/aromatic N) is 1. The van der Waals surface area contributed by atoms with Gasteiger partial charge in [0.15, 0.2) is 5.96 Å². The standard InChI is InChI=1S/C17H27N3O/c1-13(2)14-5-4-6-15(11-14)20-16(18)19-12-17(7-8-17)9-10-21-3/h4-6,11,13H,7-10,12H2,1-3H3,(H3,18,19,20). The summed E-state index contributed by atoms with van der Waals surface area (Å²) in [6.45, 7) is 5.96. The van der Waals surface area contributed by atoms with E-state index in [1.54, 1.807) is 7.11 Å². The van der Waals surface area contributed by atoms with Gasteiger partial charge in [-0.05, 0) is 48.3 Å². The number of benzene rings is 1. The van der Waals surface area contributed by atoms with Gasteiger partial charge in [-0.15, -0.1) is 0 Å². The molecule has 0 bridgehead atoms. The Labute approximate surface area is 127 Å². The number of aliphatic imine (C=N–C) groups is 1. The lowest BCUT2D eigenvalue weighted by atomic mass is 10.0. The van der Waals surface area contributed by atoms with Gasteiger partial charge in [0, 0.05) is 25.9 Å². The first-order chi connectivity index (χ1) is 10.0. The van der Waals surface area contributed by atoms with Gasteiger partial charge < -0.3 is 15.8 Å². The number of nitrogens with two attached hydrogens (primary N) is 1. The minimum atomic E-state index is 0.335. The van der Waals surface area contributed by atoms with Gasteiger partial charge in [0.1, 0.15) is 0 Å². The topological polar surface area (TPSA) is 59.6 Å². The van der Waals surface area contributed by atoms with Crippen LogP contribution in [0, 0.1) is 5.41 Å². The van der Waals surface area contributed by atoms with E-state index in [0.717, 1.165) is 25.3 Å². The molecule has 1 aromatic carbocycles. The van der Waals surface area contributed by atoms with Crippen LogP contribution >= 0.6 is 0 Å². The van der Waals surface area contributed by atoms with Crippen LogP contribution in [0.25, 0.3) is 0 Å². The van der Waals surface area contributed by atoms with E-state index in [1.807, 2.05) is 12.1 Å². The van der Waals surface area contributed by atoms with Crippen LogP contribution in [0.2, 0.25) is 0 Å². The zero-order valence-electron chi connectivity index (χ0n) is 13.4. The molecule has 4 nitrogen and oxygen atoms in total. The maximum absolute atomic E-state index is 6.00. The van der Waals surface area contributed by atoms with E-state index in [4.69, 9.17) is 10.5 Å². The van der Waals surface area contributed by atoms with E-state index >= 15 is 0 Å². The van der Waals surface area contributed by atoms with Gasteiger partial charge >= 0.3 is 0 Å². The van der Waals surface area contributed by atoms with Crippen LogP contribution in [0.4, 0.5) is 5.69 Å². The predicted molar refractivity (Wildman–Crippen MR) is 88.8 cm³/mol. The van der Waals surface area contributed by atoms with E-state index in [2.05, 4.69) is 36.3 Å². The van der Waals surface area contributed by atoms with Crippen LogP contribution in [0.1, 0.15) is 44.6 Å². The molecule has 0 spiro atoms. The highest BCUT2D eigenvalue weighted by atomic mass is 16.5. The third-order valence-electron chi connectivity index (χ3n) is 4.20. The van der Waals surface area contributed by atoms with Crippen LogP contribution in [0.5, 0.6) is 0 Å². The average Bonchev–Trinajstić information content (AvgIpc) is 3.24. The van der Waals surface area contributed by atoms with Crippen LogP contribution in [-0.4, -0.2) is 26.2 Å². The van der Waals surface area contributed by atoms with Gasteiger partial charge in [-0.2, -0.15) is 0 Å². The number of ether oxygens (including phenoxy) is 1. The number of rotatable bonds is 7. The second-order valence-corrected chi connectivity index (χ2v) is 6.35. The lowest BCUT2D eigenvalue weighted by Gasteiger charge is -2.13. The van der Waals surface area contributed by atoms with E-state index in [0.29, 0.717) is 17.3 Å². The van der Waals surface area contributed by atoms with Crippen molar-refractivity contribution in [1.29, 1.82) is 0 Å². The third kappa shape index (κ3) is 4.74. The van der Waals surface area contributed by atoms with Crippen LogP contribution in [0.15, 0.2) is 29.3 Å². The minimum absolute atomic E-state index is 0.335. The number of hydrogen-bond acceptors (Lipinski definition) is 2. The highest BCUT2D eigenvalue weighted by molar-refractivity contribution is 5.92. The highest BCUT2D eigenvalue weighted by Gasteiger charge is 2.41. The van der Waals surface area contributed by atoms with E-state index < -0.39 is 0 Å². The Morgan fingerprint density at radius 2 is 2.19 bits per heavy atom. The van der Waals surface area contributed by atoms with Crippen molar-refractivity contribution < 1.29 is 4.74 Å². The zero-order valence-corrected chi connectivity index (χ0v) is 13.4. The molecule has 0 atom stereocenters. The van der Waals surface area contributed by atoms with Crippen molar-refractivity contribution >= 4 is 11.6 Å². The molecule has 1 aromatic rings. The molecular formula is C17H27N3O. The number of methoxy groups -OCH3 is 1. The smallest absolute Gasteiger partial charge is 0.193 e. The maximum Gasteiger partial charge on any atom is 0.193 e. The maximum atomic E-state index is 6.00. The monoisotopic (exact) mass is 289 g/mol. The molecule has 116 valence electrons. The molecule has 1 aliphatic rings. The molecule has 0 aliphatic heterocycles. The molecule has 2 rings (SSSR count). The minimum Gasteiger partial charge on any atom is -0.385 e. The fraction of sp³-hybridized carbons (Fsp3) is 0.588. The van der Waals surface area contributed by atoms with Crippen molar-refractivity contribution in [3.05, 3.63) is 29.8 Å². The first-order valence-electron chi connectivity index (χ1n) is 7.70. The normalized spacial score (nSPS) is 17.0. The first-order valence-corrected chi connectivity index (χ1v) is 7.70. The Kier molecular flexibility index (Phi) is 5.23. The quantitative estimate of drug-likeness (QED) is 0.598. The van der Waals surface area contributed by atoms with Gasteiger partial charge in [-0.25, -0.2) is 0 Å². The number of anilines is 1. The molecule has 1 fully saturated rings. The molecule has 21 heavy (non-hydrogen) atoms. The van der Waals surface area contributed by atoms with Crippen molar-refractivity contribution in [3.63, 3.8) is 0 Å². The summed E-state index contributed by atoms with van der Waals surface area (Å²) in [4.78, 5) is 4.51. The van der Waals surface area contributed by atoms with Crippen molar-refractivity contribution in [2.24, 2.45) is 16.1 Å². The van der Waals surface area contributed by atoms with E-state index in [1.165, 1.54) is 18.4 Å². The second-order valence-electron chi connectivity index (χ2n) is 6.35. The van der Waals surface area contributed by atoms with Gasteiger partial charge in [0.2, 0.25) is 0 Å². The van der Waals surface area contributed by atoms with E-state index in [9.17, 15) is 0 Å². The Morgan fingerprint density at radius 1 is 1.43 bits per heavy atom. The van der Waals surface area contributed by atoms with E-state index in [-0.39, 0.29) is 0 Å². The van der Waals surface area contributed by atoms with Crippen LogP contribution in [0.3, 0.4) is 0 Å². The van der Waals surface area contributed by atoms with Gasteiger partial charge in [-0.1, -0.05) is 26.0 Å². The van der Waals surface area contributed by atoms with Crippen molar-refractivity contribution in [1.82, 2.24) is 0 Å². The highest BCUT2D eigenvalue weighted by Crippen LogP contribution is 2.48. The molecule has 0 aromatic heterocycles. The number of nitrogens with one attached hydrogen (secondary N) is 1. The molecule has 0 amide bonds. The molecule has 4 heteroatoms. The lowest BCUT2D eigenvalue weighted by Crippen LogP contribution is -2.24. The largest absolute Gasteiger partial charge is 0.385 e. The fourth-order valence-corrected chi connectivity index (χ4v) is 2.40. The molecular weight excluding hydrogens is 262 g/mol. The average molecular weight is 289 g/mol. The summed E-state index contributed by atoms with van der Waals surface area (Å²) in [5, 5.41) is 3.19. The van der Waals surface area contributed by atoms with Crippen molar-refractivity contribution in [2.75, 3.05) is 25.6 Å². The molecule has 0 heterocycles.